The molecule has 0 heterocycles. The Bertz CT molecular complexity index is 981. The summed E-state index contributed by atoms with van der Waals surface area (Å²) in [5.74, 6) is -0.459. The fourth-order valence-electron chi connectivity index (χ4n) is 5.16. The van der Waals surface area contributed by atoms with E-state index in [-0.39, 0.29) is 5.91 Å². The fourth-order valence-corrected chi connectivity index (χ4v) is 5.16. The molecular formula is C30H42N2O3. The molecule has 0 aromatic heterocycles. The molecule has 0 unspecified atom stereocenters. The van der Waals surface area contributed by atoms with Crippen LogP contribution in [0.25, 0.3) is 11.1 Å². The van der Waals surface area contributed by atoms with Gasteiger partial charge in [0, 0.05) is 12.1 Å². The number of amides is 1. The van der Waals surface area contributed by atoms with E-state index in [9.17, 15) is 14.7 Å². The van der Waals surface area contributed by atoms with E-state index in [4.69, 9.17) is 0 Å². The molecule has 1 aliphatic rings. The summed E-state index contributed by atoms with van der Waals surface area (Å²) in [6, 6.07) is 13.1. The Morgan fingerprint density at radius 2 is 1.83 bits per heavy atom. The topological polar surface area (TPSA) is 69.6 Å². The van der Waals surface area contributed by atoms with Crippen molar-refractivity contribution in [3.8, 4) is 11.1 Å². The average Bonchev–Trinajstić information content (AvgIpc) is 2.86. The third-order valence-corrected chi connectivity index (χ3v) is 7.31. The molecule has 5 nitrogen and oxygen atoms in total. The van der Waals surface area contributed by atoms with Gasteiger partial charge in [0.05, 0.1) is 0 Å². The molecule has 1 fully saturated rings. The molecule has 0 saturated heterocycles. The van der Waals surface area contributed by atoms with Gasteiger partial charge in [0.1, 0.15) is 6.04 Å². The number of benzene rings is 2. The smallest absolute Gasteiger partial charge is 0.326 e. The molecule has 1 amide bonds. The van der Waals surface area contributed by atoms with Gasteiger partial charge in [0.25, 0.3) is 5.91 Å². The summed E-state index contributed by atoms with van der Waals surface area (Å²) in [4.78, 5) is 27.3. The van der Waals surface area contributed by atoms with Crippen LogP contribution in [0.3, 0.4) is 0 Å². The lowest BCUT2D eigenvalue weighted by atomic mass is 9.87. The number of carbonyl (C=O) groups is 2. The summed E-state index contributed by atoms with van der Waals surface area (Å²) in [5, 5.41) is 12.4. The van der Waals surface area contributed by atoms with E-state index in [1.54, 1.807) is 0 Å². The molecule has 0 bridgehead atoms. The third kappa shape index (κ3) is 7.93. The van der Waals surface area contributed by atoms with Gasteiger partial charge in [0.15, 0.2) is 0 Å². The SMILES string of the molecule is CCCC[C@H](NC(=O)c1ccc(CN(C)CCC2CCCCC2)cc1-c1ccccc1C)C(=O)O. The highest BCUT2D eigenvalue weighted by Crippen LogP contribution is 2.29. The number of unbranched alkanes of at least 4 members (excludes halogenated alkanes) is 1. The molecule has 0 aliphatic heterocycles. The Morgan fingerprint density at radius 1 is 1.09 bits per heavy atom. The molecule has 190 valence electrons. The molecule has 3 rings (SSSR count). The van der Waals surface area contributed by atoms with E-state index < -0.39 is 12.0 Å². The van der Waals surface area contributed by atoms with Crippen molar-refractivity contribution in [1.82, 2.24) is 10.2 Å². The highest BCUT2D eigenvalue weighted by Gasteiger charge is 2.23. The van der Waals surface area contributed by atoms with E-state index in [0.29, 0.717) is 12.0 Å². The maximum absolute atomic E-state index is 13.3. The van der Waals surface area contributed by atoms with Crippen molar-refractivity contribution in [1.29, 1.82) is 0 Å². The number of nitrogens with one attached hydrogen (secondary N) is 1. The monoisotopic (exact) mass is 478 g/mol. The lowest BCUT2D eigenvalue weighted by Crippen LogP contribution is -2.40. The normalized spacial score (nSPS) is 15.2. The van der Waals surface area contributed by atoms with Crippen LogP contribution in [0.2, 0.25) is 0 Å². The van der Waals surface area contributed by atoms with Gasteiger partial charge in [-0.05, 0) is 73.7 Å². The standard InChI is InChI=1S/C30H42N2O3/c1-4-5-15-28(30(34)35)31-29(33)26-17-16-24(20-27(26)25-14-10-9-11-22(25)2)21-32(3)19-18-23-12-7-6-8-13-23/h9-11,14,16-17,20,23,28H,4-8,12-13,15,18-19,21H2,1-3H3,(H,31,33)(H,34,35)/t28-/m0/s1. The molecule has 2 aromatic carbocycles. The summed E-state index contributed by atoms with van der Waals surface area (Å²) >= 11 is 0. The lowest BCUT2D eigenvalue weighted by molar-refractivity contribution is -0.139. The van der Waals surface area contributed by atoms with Crippen LogP contribution in [0.15, 0.2) is 42.5 Å². The van der Waals surface area contributed by atoms with Gasteiger partial charge in [-0.25, -0.2) is 4.79 Å². The van der Waals surface area contributed by atoms with Gasteiger partial charge in [-0.3, -0.25) is 4.79 Å². The van der Waals surface area contributed by atoms with Gasteiger partial charge < -0.3 is 15.3 Å². The van der Waals surface area contributed by atoms with Crippen molar-refractivity contribution in [3.05, 3.63) is 59.2 Å². The minimum Gasteiger partial charge on any atom is -0.480 e. The van der Waals surface area contributed by atoms with Crippen molar-refractivity contribution in [2.75, 3.05) is 13.6 Å². The molecule has 35 heavy (non-hydrogen) atoms. The predicted molar refractivity (Wildman–Crippen MR) is 143 cm³/mol. The highest BCUT2D eigenvalue weighted by atomic mass is 16.4. The second-order valence-electron chi connectivity index (χ2n) is 10.2. The first-order chi connectivity index (χ1) is 16.9. The van der Waals surface area contributed by atoms with Crippen LogP contribution in [0.4, 0.5) is 0 Å². The number of rotatable bonds is 12. The van der Waals surface area contributed by atoms with E-state index in [0.717, 1.165) is 54.1 Å². The lowest BCUT2D eigenvalue weighted by Gasteiger charge is -2.25. The number of aliphatic carboxylic acids is 1. The summed E-state index contributed by atoms with van der Waals surface area (Å²) < 4.78 is 0. The van der Waals surface area contributed by atoms with Gasteiger partial charge in [-0.1, -0.05) is 82.2 Å². The van der Waals surface area contributed by atoms with E-state index in [1.807, 2.05) is 50.2 Å². The van der Waals surface area contributed by atoms with Crippen LogP contribution in [-0.2, 0) is 11.3 Å². The van der Waals surface area contributed by atoms with Crippen molar-refractivity contribution in [2.45, 2.75) is 84.2 Å². The van der Waals surface area contributed by atoms with Crippen molar-refractivity contribution < 1.29 is 14.7 Å². The average molecular weight is 479 g/mol. The number of carboxylic acids is 1. The Labute approximate surface area is 210 Å². The minimum atomic E-state index is -0.986. The number of hydrogen-bond acceptors (Lipinski definition) is 3. The Balaban J connectivity index is 1.80. The van der Waals surface area contributed by atoms with Crippen LogP contribution >= 0.6 is 0 Å². The van der Waals surface area contributed by atoms with E-state index in [2.05, 4.69) is 23.3 Å². The number of carboxylic acid groups (broad SMARTS) is 1. The van der Waals surface area contributed by atoms with Crippen LogP contribution in [-0.4, -0.2) is 41.5 Å². The van der Waals surface area contributed by atoms with Crippen molar-refractivity contribution >= 4 is 11.9 Å². The van der Waals surface area contributed by atoms with E-state index in [1.165, 1.54) is 38.5 Å². The molecule has 5 heteroatoms. The quantitative estimate of drug-likeness (QED) is 0.368. The second kappa shape index (κ2) is 13.4. The summed E-state index contributed by atoms with van der Waals surface area (Å²) in [5.41, 5.74) is 4.63. The number of carbonyl (C=O) groups excluding carboxylic acids is 1. The molecular weight excluding hydrogens is 436 g/mol. The fraction of sp³-hybridized carbons (Fsp3) is 0.533. The molecule has 1 aliphatic carbocycles. The Morgan fingerprint density at radius 3 is 2.51 bits per heavy atom. The first-order valence-electron chi connectivity index (χ1n) is 13.3. The summed E-state index contributed by atoms with van der Waals surface area (Å²) in [6.07, 6.45) is 10.2. The Hall–Kier alpha value is -2.66. The second-order valence-corrected chi connectivity index (χ2v) is 10.2. The van der Waals surface area contributed by atoms with E-state index >= 15 is 0 Å². The number of aryl methyl sites for hydroxylation is 1. The minimum absolute atomic E-state index is 0.330. The molecule has 2 N–H and O–H groups in total. The maximum atomic E-state index is 13.3. The predicted octanol–water partition coefficient (Wildman–Crippen LogP) is 6.44. The molecule has 0 radical (unpaired) electrons. The van der Waals surface area contributed by atoms with Gasteiger partial charge in [-0.2, -0.15) is 0 Å². The summed E-state index contributed by atoms with van der Waals surface area (Å²) in [7, 11) is 2.17. The summed E-state index contributed by atoms with van der Waals surface area (Å²) in [6.45, 7) is 5.95. The maximum Gasteiger partial charge on any atom is 0.326 e. The molecule has 0 spiro atoms. The highest BCUT2D eigenvalue weighted by molar-refractivity contribution is 6.02. The largest absolute Gasteiger partial charge is 0.480 e. The first-order valence-corrected chi connectivity index (χ1v) is 13.3. The zero-order valence-electron chi connectivity index (χ0n) is 21.7. The number of nitrogens with zero attached hydrogens (tertiary/aromatic N) is 1. The van der Waals surface area contributed by atoms with Crippen LogP contribution in [0.1, 0.15) is 86.2 Å². The zero-order valence-corrected chi connectivity index (χ0v) is 21.7. The van der Waals surface area contributed by atoms with Crippen molar-refractivity contribution in [3.63, 3.8) is 0 Å². The van der Waals surface area contributed by atoms with Gasteiger partial charge >= 0.3 is 5.97 Å². The molecule has 2 aromatic rings. The molecule has 1 saturated carbocycles. The van der Waals surface area contributed by atoms with Crippen molar-refractivity contribution in [2.24, 2.45) is 5.92 Å². The van der Waals surface area contributed by atoms with Crippen LogP contribution in [0, 0.1) is 12.8 Å². The van der Waals surface area contributed by atoms with Crippen LogP contribution in [0.5, 0.6) is 0 Å². The number of hydrogen-bond donors (Lipinski definition) is 2. The third-order valence-electron chi connectivity index (χ3n) is 7.31. The van der Waals surface area contributed by atoms with Crippen LogP contribution < -0.4 is 5.32 Å². The first kappa shape index (κ1) is 26.9. The van der Waals surface area contributed by atoms with Gasteiger partial charge in [0.2, 0.25) is 0 Å². The Kier molecular flexibility index (Phi) is 10.3. The molecule has 1 atom stereocenters. The zero-order chi connectivity index (χ0) is 25.2. The van der Waals surface area contributed by atoms with Gasteiger partial charge in [-0.15, -0.1) is 0 Å².